The topological polar surface area (TPSA) is 66.5 Å². The minimum Gasteiger partial charge on any atom is -0.321 e. The van der Waals surface area contributed by atoms with Gasteiger partial charge in [-0.15, -0.1) is 0 Å². The highest BCUT2D eigenvalue weighted by Crippen LogP contribution is 2.33. The molecular weight excluding hydrogens is 444 g/mol. The van der Waals surface area contributed by atoms with Crippen molar-refractivity contribution in [3.63, 3.8) is 0 Å². The van der Waals surface area contributed by atoms with Gasteiger partial charge < -0.3 is 5.32 Å². The van der Waals surface area contributed by atoms with Crippen LogP contribution in [0.4, 0.5) is 11.4 Å². The highest BCUT2D eigenvalue weighted by molar-refractivity contribution is 9.10. The first-order chi connectivity index (χ1) is 13.5. The van der Waals surface area contributed by atoms with Gasteiger partial charge in [-0.1, -0.05) is 51.8 Å². The molecule has 28 heavy (non-hydrogen) atoms. The van der Waals surface area contributed by atoms with Gasteiger partial charge in [0.1, 0.15) is 0 Å². The summed E-state index contributed by atoms with van der Waals surface area (Å²) in [5, 5.41) is 2.98. The van der Waals surface area contributed by atoms with Crippen LogP contribution in [0.25, 0.3) is 0 Å². The Hall–Kier alpha value is -2.96. The molecule has 1 heterocycles. The monoisotopic (exact) mass is 454 g/mol. The van der Waals surface area contributed by atoms with Crippen LogP contribution in [0, 0.1) is 0 Å². The van der Waals surface area contributed by atoms with Crippen molar-refractivity contribution in [1.29, 1.82) is 0 Å². The standard InChI is InChI=1S/C21H12BrClN2O3/c22-12-9-10-16(23)15(11-12)19(26)24-17-8-4-7-14-18(17)21(28)25(20(14)27)13-5-2-1-3-6-13/h1-11H,(H,24,26). The molecule has 0 bridgehead atoms. The molecule has 3 aromatic carbocycles. The molecule has 1 aliphatic heterocycles. The summed E-state index contributed by atoms with van der Waals surface area (Å²) < 4.78 is 0.696. The van der Waals surface area contributed by atoms with Crippen molar-refractivity contribution in [2.75, 3.05) is 10.2 Å². The van der Waals surface area contributed by atoms with Gasteiger partial charge >= 0.3 is 0 Å². The van der Waals surface area contributed by atoms with Crippen molar-refractivity contribution >= 4 is 56.6 Å². The van der Waals surface area contributed by atoms with Crippen molar-refractivity contribution in [3.8, 4) is 0 Å². The van der Waals surface area contributed by atoms with Crippen LogP contribution in [0.15, 0.2) is 71.2 Å². The van der Waals surface area contributed by atoms with Crippen molar-refractivity contribution in [2.45, 2.75) is 0 Å². The molecule has 0 fully saturated rings. The number of benzene rings is 3. The predicted molar refractivity (Wildman–Crippen MR) is 111 cm³/mol. The van der Waals surface area contributed by atoms with Crippen LogP contribution in [0.1, 0.15) is 31.1 Å². The zero-order chi connectivity index (χ0) is 19.8. The lowest BCUT2D eigenvalue weighted by Gasteiger charge is -2.14. The van der Waals surface area contributed by atoms with Crippen LogP contribution in [0.2, 0.25) is 5.02 Å². The van der Waals surface area contributed by atoms with Crippen LogP contribution in [0.3, 0.4) is 0 Å². The number of hydrogen-bond donors (Lipinski definition) is 1. The van der Waals surface area contributed by atoms with Crippen LogP contribution < -0.4 is 10.2 Å². The highest BCUT2D eigenvalue weighted by Gasteiger charge is 2.38. The average Bonchev–Trinajstić information content (AvgIpc) is 2.95. The van der Waals surface area contributed by atoms with Gasteiger partial charge in [0, 0.05) is 4.47 Å². The molecule has 1 aliphatic rings. The molecule has 1 N–H and O–H groups in total. The Morgan fingerprint density at radius 2 is 1.68 bits per heavy atom. The number of nitrogens with one attached hydrogen (secondary N) is 1. The zero-order valence-corrected chi connectivity index (χ0v) is 16.6. The Morgan fingerprint density at radius 3 is 2.43 bits per heavy atom. The maximum atomic E-state index is 13.0. The number of rotatable bonds is 3. The van der Waals surface area contributed by atoms with E-state index >= 15 is 0 Å². The summed E-state index contributed by atoms with van der Waals surface area (Å²) >= 11 is 9.43. The Bertz CT molecular complexity index is 1130. The van der Waals surface area contributed by atoms with E-state index < -0.39 is 17.7 Å². The van der Waals surface area contributed by atoms with Crippen LogP contribution in [-0.2, 0) is 0 Å². The minimum absolute atomic E-state index is 0.163. The van der Waals surface area contributed by atoms with Gasteiger partial charge in [0.15, 0.2) is 0 Å². The molecule has 4 rings (SSSR count). The maximum absolute atomic E-state index is 13.0. The lowest BCUT2D eigenvalue weighted by atomic mass is 10.1. The number of nitrogens with zero attached hydrogens (tertiary/aromatic N) is 1. The Morgan fingerprint density at radius 1 is 0.929 bits per heavy atom. The molecule has 0 aliphatic carbocycles. The Kier molecular flexibility index (Phi) is 4.75. The third kappa shape index (κ3) is 3.10. The van der Waals surface area contributed by atoms with Gasteiger partial charge in [0.25, 0.3) is 17.7 Å². The third-order valence-corrected chi connectivity index (χ3v) is 5.17. The van der Waals surface area contributed by atoms with Gasteiger partial charge in [0.2, 0.25) is 0 Å². The van der Waals surface area contributed by atoms with Crippen molar-refractivity contribution in [3.05, 3.63) is 92.9 Å². The molecule has 0 atom stereocenters. The number of anilines is 2. The van der Waals surface area contributed by atoms with E-state index in [1.54, 1.807) is 66.7 Å². The summed E-state index contributed by atoms with van der Waals surface area (Å²) in [5.41, 5.74) is 1.39. The number of imide groups is 1. The van der Waals surface area contributed by atoms with Crippen molar-refractivity contribution in [1.82, 2.24) is 0 Å². The zero-order valence-electron chi connectivity index (χ0n) is 14.3. The average molecular weight is 456 g/mol. The number of carbonyl (C=O) groups excluding carboxylic acids is 3. The second-order valence-corrected chi connectivity index (χ2v) is 7.41. The van der Waals surface area contributed by atoms with Crippen molar-refractivity contribution < 1.29 is 14.4 Å². The summed E-state index contributed by atoms with van der Waals surface area (Å²) in [4.78, 5) is 39.6. The van der Waals surface area contributed by atoms with Gasteiger partial charge in [-0.2, -0.15) is 0 Å². The summed E-state index contributed by atoms with van der Waals surface area (Å²) in [6, 6.07) is 18.3. The SMILES string of the molecule is O=C(Nc1cccc2c1C(=O)N(c1ccccc1)C2=O)c1cc(Br)ccc1Cl. The molecule has 0 spiro atoms. The Balaban J connectivity index is 1.72. The Labute approximate surface area is 174 Å². The summed E-state index contributed by atoms with van der Waals surface area (Å²) in [7, 11) is 0. The van der Waals surface area contributed by atoms with E-state index in [-0.39, 0.29) is 27.4 Å². The van der Waals surface area contributed by atoms with E-state index in [1.807, 2.05) is 0 Å². The smallest absolute Gasteiger partial charge is 0.268 e. The molecule has 0 saturated heterocycles. The summed E-state index contributed by atoms with van der Waals surface area (Å²) in [6.45, 7) is 0. The summed E-state index contributed by atoms with van der Waals surface area (Å²) in [6.07, 6.45) is 0. The number of hydrogen-bond acceptors (Lipinski definition) is 3. The number of amides is 3. The van der Waals surface area contributed by atoms with Gasteiger partial charge in [-0.3, -0.25) is 14.4 Å². The van der Waals surface area contributed by atoms with Gasteiger partial charge in [-0.05, 0) is 42.5 Å². The van der Waals surface area contributed by atoms with Crippen LogP contribution >= 0.6 is 27.5 Å². The maximum Gasteiger partial charge on any atom is 0.268 e. The third-order valence-electron chi connectivity index (χ3n) is 4.35. The first-order valence-electron chi connectivity index (χ1n) is 8.30. The number of fused-ring (bicyclic) bond motifs is 1. The lowest BCUT2D eigenvalue weighted by Crippen LogP contribution is -2.29. The predicted octanol–water partition coefficient (Wildman–Crippen LogP) is 5.16. The quantitative estimate of drug-likeness (QED) is 0.555. The van der Waals surface area contributed by atoms with E-state index in [9.17, 15) is 14.4 Å². The van der Waals surface area contributed by atoms with Crippen LogP contribution in [0.5, 0.6) is 0 Å². The van der Waals surface area contributed by atoms with E-state index in [2.05, 4.69) is 21.2 Å². The molecule has 0 unspecified atom stereocenters. The van der Waals surface area contributed by atoms with Crippen molar-refractivity contribution in [2.24, 2.45) is 0 Å². The lowest BCUT2D eigenvalue weighted by molar-refractivity contribution is 0.0926. The molecule has 0 aromatic heterocycles. The molecule has 0 saturated carbocycles. The van der Waals surface area contributed by atoms with Gasteiger partial charge in [-0.25, -0.2) is 4.90 Å². The number of carbonyl (C=O) groups is 3. The first-order valence-corrected chi connectivity index (χ1v) is 9.47. The van der Waals surface area contributed by atoms with Gasteiger partial charge in [0.05, 0.1) is 33.1 Å². The molecule has 3 aromatic rings. The largest absolute Gasteiger partial charge is 0.321 e. The first kappa shape index (κ1) is 18.4. The van der Waals surface area contributed by atoms with E-state index in [4.69, 9.17) is 11.6 Å². The fourth-order valence-electron chi connectivity index (χ4n) is 3.06. The second-order valence-electron chi connectivity index (χ2n) is 6.09. The molecule has 138 valence electrons. The fraction of sp³-hybridized carbons (Fsp3) is 0. The molecule has 3 amide bonds. The van der Waals surface area contributed by atoms with E-state index in [0.29, 0.717) is 10.2 Å². The second kappa shape index (κ2) is 7.22. The highest BCUT2D eigenvalue weighted by atomic mass is 79.9. The minimum atomic E-state index is -0.484. The molecular formula is C21H12BrClN2O3. The molecule has 7 heteroatoms. The number of para-hydroxylation sites is 1. The van der Waals surface area contributed by atoms with E-state index in [1.165, 1.54) is 0 Å². The van der Waals surface area contributed by atoms with Crippen LogP contribution in [-0.4, -0.2) is 17.7 Å². The molecule has 5 nitrogen and oxygen atoms in total. The molecule has 0 radical (unpaired) electrons. The number of halogens is 2. The fourth-order valence-corrected chi connectivity index (χ4v) is 3.63. The summed E-state index contributed by atoms with van der Waals surface area (Å²) in [5.74, 6) is -1.39. The van der Waals surface area contributed by atoms with E-state index in [0.717, 1.165) is 4.90 Å². The normalized spacial score (nSPS) is 12.9.